The van der Waals surface area contributed by atoms with E-state index in [-0.39, 0.29) is 12.1 Å². The lowest BCUT2D eigenvalue weighted by Gasteiger charge is -2.28. The highest BCUT2D eigenvalue weighted by Gasteiger charge is 2.23. The minimum absolute atomic E-state index is 0.0230. The average Bonchev–Trinajstić information content (AvgIpc) is 2.40. The Morgan fingerprint density at radius 3 is 3.11 bits per heavy atom. The van der Waals surface area contributed by atoms with E-state index in [2.05, 4.69) is 0 Å². The summed E-state index contributed by atoms with van der Waals surface area (Å²) < 4.78 is 11.0. The van der Waals surface area contributed by atoms with Crippen LogP contribution in [0.25, 0.3) is 0 Å². The maximum atomic E-state index is 6.22. The average molecular weight is 288 g/mol. The van der Waals surface area contributed by atoms with Crippen LogP contribution in [-0.2, 0) is 11.2 Å². The number of halogens is 1. The fourth-order valence-corrected chi connectivity index (χ4v) is 3.20. The summed E-state index contributed by atoms with van der Waals surface area (Å²) in [5.74, 6) is 2.85. The van der Waals surface area contributed by atoms with E-state index in [9.17, 15) is 0 Å². The quantitative estimate of drug-likeness (QED) is 0.923. The maximum absolute atomic E-state index is 6.22. The van der Waals surface area contributed by atoms with Crippen LogP contribution in [-0.4, -0.2) is 37.4 Å². The molecule has 1 aromatic rings. The molecule has 3 nitrogen and oxygen atoms in total. The molecule has 1 saturated heterocycles. The molecule has 2 atom stereocenters. The van der Waals surface area contributed by atoms with Gasteiger partial charge >= 0.3 is 0 Å². The lowest BCUT2D eigenvalue weighted by molar-refractivity contribution is 0.0570. The Labute approximate surface area is 117 Å². The first-order valence-electron chi connectivity index (χ1n) is 5.98. The molecule has 0 aliphatic carbocycles. The number of methoxy groups -OCH3 is 1. The first kappa shape index (κ1) is 14.0. The van der Waals surface area contributed by atoms with Gasteiger partial charge in [-0.05, 0) is 30.2 Å². The van der Waals surface area contributed by atoms with Crippen LogP contribution >= 0.6 is 23.4 Å². The molecule has 0 amide bonds. The number of thioether (sulfide) groups is 1. The second-order valence-corrected chi connectivity index (χ2v) is 5.89. The predicted molar refractivity (Wildman–Crippen MR) is 76.7 cm³/mol. The smallest absolute Gasteiger partial charge is 0.122 e. The molecule has 5 heteroatoms. The predicted octanol–water partition coefficient (Wildman–Crippen LogP) is 2.35. The molecule has 0 radical (unpaired) electrons. The fraction of sp³-hybridized carbons (Fsp3) is 0.538. The Morgan fingerprint density at radius 2 is 2.44 bits per heavy atom. The van der Waals surface area contributed by atoms with Crippen molar-refractivity contribution in [3.05, 3.63) is 28.8 Å². The van der Waals surface area contributed by atoms with Gasteiger partial charge in [0.2, 0.25) is 0 Å². The Bertz CT molecular complexity index is 397. The van der Waals surface area contributed by atoms with Crippen LogP contribution in [0.15, 0.2) is 18.2 Å². The number of nitrogens with two attached hydrogens (primary N) is 1. The highest BCUT2D eigenvalue weighted by Crippen LogP contribution is 2.25. The van der Waals surface area contributed by atoms with E-state index < -0.39 is 0 Å². The molecular formula is C13H18ClNO2S. The third-order valence-electron chi connectivity index (χ3n) is 3.02. The van der Waals surface area contributed by atoms with Crippen molar-refractivity contribution in [1.29, 1.82) is 0 Å². The van der Waals surface area contributed by atoms with Crippen molar-refractivity contribution in [3.8, 4) is 5.75 Å². The van der Waals surface area contributed by atoms with Gasteiger partial charge in [-0.2, -0.15) is 11.8 Å². The molecule has 2 N–H and O–H groups in total. The van der Waals surface area contributed by atoms with Crippen LogP contribution in [0.4, 0.5) is 0 Å². The molecule has 1 fully saturated rings. The van der Waals surface area contributed by atoms with Gasteiger partial charge in [0.05, 0.1) is 19.8 Å². The Morgan fingerprint density at radius 1 is 1.61 bits per heavy atom. The third kappa shape index (κ3) is 3.54. The van der Waals surface area contributed by atoms with Gasteiger partial charge in [0.1, 0.15) is 5.75 Å². The summed E-state index contributed by atoms with van der Waals surface area (Å²) in [7, 11) is 1.66. The number of hydrogen-bond acceptors (Lipinski definition) is 4. The molecule has 0 spiro atoms. The molecular weight excluding hydrogens is 270 g/mol. The summed E-state index contributed by atoms with van der Waals surface area (Å²) in [6, 6.07) is 5.59. The van der Waals surface area contributed by atoms with Crippen molar-refractivity contribution in [3.63, 3.8) is 0 Å². The van der Waals surface area contributed by atoms with Gasteiger partial charge in [-0.15, -0.1) is 0 Å². The van der Waals surface area contributed by atoms with E-state index in [0.29, 0.717) is 5.02 Å². The van der Waals surface area contributed by atoms with E-state index in [1.54, 1.807) is 7.11 Å². The Hall–Kier alpha value is -0.420. The molecule has 1 aromatic carbocycles. The minimum Gasteiger partial charge on any atom is -0.496 e. The number of ether oxygens (including phenoxy) is 2. The summed E-state index contributed by atoms with van der Waals surface area (Å²) in [6.45, 7) is 0.787. The van der Waals surface area contributed by atoms with Crippen molar-refractivity contribution < 1.29 is 9.47 Å². The molecule has 0 aromatic heterocycles. The van der Waals surface area contributed by atoms with Crippen molar-refractivity contribution >= 4 is 23.4 Å². The first-order chi connectivity index (χ1) is 8.70. The zero-order valence-corrected chi connectivity index (χ0v) is 12.0. The van der Waals surface area contributed by atoms with Crippen LogP contribution in [0.2, 0.25) is 5.02 Å². The number of rotatable bonds is 4. The molecule has 0 bridgehead atoms. The van der Waals surface area contributed by atoms with Gasteiger partial charge in [-0.1, -0.05) is 11.6 Å². The van der Waals surface area contributed by atoms with Crippen LogP contribution in [0, 0.1) is 0 Å². The van der Waals surface area contributed by atoms with Gasteiger partial charge in [0.15, 0.2) is 0 Å². The highest BCUT2D eigenvalue weighted by atomic mass is 35.5. The van der Waals surface area contributed by atoms with Gasteiger partial charge < -0.3 is 15.2 Å². The zero-order chi connectivity index (χ0) is 13.0. The van der Waals surface area contributed by atoms with Gasteiger partial charge in [0.25, 0.3) is 0 Å². The lowest BCUT2D eigenvalue weighted by atomic mass is 10.0. The molecule has 2 unspecified atom stereocenters. The topological polar surface area (TPSA) is 44.5 Å². The van der Waals surface area contributed by atoms with Crippen molar-refractivity contribution in [2.45, 2.75) is 18.6 Å². The summed E-state index contributed by atoms with van der Waals surface area (Å²) >= 11 is 7.90. The molecule has 1 heterocycles. The van der Waals surface area contributed by atoms with Crippen LogP contribution in [0.3, 0.4) is 0 Å². The van der Waals surface area contributed by atoms with E-state index in [1.165, 1.54) is 0 Å². The summed E-state index contributed by atoms with van der Waals surface area (Å²) in [4.78, 5) is 0. The van der Waals surface area contributed by atoms with Crippen molar-refractivity contribution in [2.75, 3.05) is 25.2 Å². The second kappa shape index (κ2) is 6.66. The van der Waals surface area contributed by atoms with Crippen LogP contribution < -0.4 is 10.5 Å². The SMILES string of the molecule is COc1ccc(Cl)cc1CC(N)C1CSCCO1. The molecule has 0 saturated carbocycles. The van der Waals surface area contributed by atoms with Gasteiger partial charge in [-0.3, -0.25) is 0 Å². The highest BCUT2D eigenvalue weighted by molar-refractivity contribution is 7.99. The van der Waals surface area contributed by atoms with Crippen molar-refractivity contribution in [1.82, 2.24) is 0 Å². The summed E-state index contributed by atoms with van der Waals surface area (Å²) in [5.41, 5.74) is 7.26. The van der Waals surface area contributed by atoms with Crippen LogP contribution in [0.1, 0.15) is 5.56 Å². The largest absolute Gasteiger partial charge is 0.496 e. The van der Waals surface area contributed by atoms with E-state index in [1.807, 2.05) is 30.0 Å². The monoisotopic (exact) mass is 287 g/mol. The lowest BCUT2D eigenvalue weighted by Crippen LogP contribution is -2.42. The second-order valence-electron chi connectivity index (χ2n) is 4.31. The van der Waals surface area contributed by atoms with Gasteiger partial charge in [-0.25, -0.2) is 0 Å². The number of benzene rings is 1. The minimum atomic E-state index is -0.0230. The summed E-state index contributed by atoms with van der Waals surface area (Å²) in [6.07, 6.45) is 0.835. The molecule has 1 aliphatic rings. The Balaban J connectivity index is 2.05. The standard InChI is InChI=1S/C13H18ClNO2S/c1-16-12-3-2-10(14)6-9(12)7-11(15)13-8-18-5-4-17-13/h2-3,6,11,13H,4-5,7-8,15H2,1H3. The van der Waals surface area contributed by atoms with E-state index in [4.69, 9.17) is 26.8 Å². The molecule has 100 valence electrons. The normalized spacial score (nSPS) is 21.6. The van der Waals surface area contributed by atoms with Crippen molar-refractivity contribution in [2.24, 2.45) is 5.73 Å². The van der Waals surface area contributed by atoms with Crippen LogP contribution in [0.5, 0.6) is 5.75 Å². The summed E-state index contributed by atoms with van der Waals surface area (Å²) in [5, 5.41) is 0.705. The molecule has 18 heavy (non-hydrogen) atoms. The van der Waals surface area contributed by atoms with Gasteiger partial charge in [0, 0.05) is 22.6 Å². The molecule has 2 rings (SSSR count). The fourth-order valence-electron chi connectivity index (χ4n) is 2.05. The van der Waals surface area contributed by atoms with E-state index in [0.717, 1.165) is 35.8 Å². The zero-order valence-electron chi connectivity index (χ0n) is 10.4. The molecule has 1 aliphatic heterocycles. The maximum Gasteiger partial charge on any atom is 0.122 e. The first-order valence-corrected chi connectivity index (χ1v) is 7.51. The Kier molecular flexibility index (Phi) is 5.18. The van der Waals surface area contributed by atoms with E-state index >= 15 is 0 Å². The number of hydrogen-bond donors (Lipinski definition) is 1. The third-order valence-corrected chi connectivity index (χ3v) is 4.27.